The molecule has 0 bridgehead atoms. The number of rotatable bonds is 16. The van der Waals surface area contributed by atoms with Crippen LogP contribution in [0.25, 0.3) is 0 Å². The van der Waals surface area contributed by atoms with Crippen LogP contribution in [0, 0.1) is 55.4 Å². The average molecular weight is 1850 g/mol. The van der Waals surface area contributed by atoms with Crippen LogP contribution < -0.4 is 0 Å². The van der Waals surface area contributed by atoms with Crippen molar-refractivity contribution in [3.8, 4) is 0 Å². The van der Waals surface area contributed by atoms with Gasteiger partial charge in [-0.3, -0.25) is 0 Å². The highest BCUT2D eigenvalue weighted by molar-refractivity contribution is 7.91. The van der Waals surface area contributed by atoms with Gasteiger partial charge in [0.2, 0.25) is 80.2 Å². The number of fused-ring (bicyclic) bond motifs is 4. The van der Waals surface area contributed by atoms with Gasteiger partial charge in [-0.05, 0) is 230 Å². The van der Waals surface area contributed by atoms with Gasteiger partial charge in [-0.15, -0.1) is 0 Å². The van der Waals surface area contributed by atoms with E-state index in [-0.39, 0.29) is 169 Å². The molecule has 32 heteroatoms. The second-order valence-electron chi connectivity index (χ2n) is 34.5. The Hall–Kier alpha value is -6.96. The van der Waals surface area contributed by atoms with Crippen LogP contribution in [0.2, 0.25) is 0 Å². The van der Waals surface area contributed by atoms with Gasteiger partial charge in [0.05, 0.1) is 39.2 Å². The Labute approximate surface area is 738 Å². The van der Waals surface area contributed by atoms with E-state index in [0.717, 1.165) is 44.5 Å². The highest BCUT2D eigenvalue weighted by Gasteiger charge is 2.51. The fourth-order valence-electron chi connectivity index (χ4n) is 19.1. The zero-order valence-electron chi connectivity index (χ0n) is 72.3. The van der Waals surface area contributed by atoms with Crippen molar-refractivity contribution in [2.24, 2.45) is 0 Å². The molecule has 8 aromatic rings. The standard InChI is InChI=1S/C92H120N8O16S8/c1-69-29-45-77(46-30-69)117(101,102)93-61-17-62-95(119(105,106)79-49-33-71(3)34-50-79)87-23-11-12-24-88(87)97(121(109,110)81-53-37-73(5)38-54-81)65-19-66-99(123(113,114)83-57-41-75(7)42-58-83)91-27-15-16-28-92(91)100(124(115,116)84-59-43-76(8)44-60-84)68-20-67-98(122(111,112)82-55-39-74(6)40-56-82)90-26-14-13-25-89(90)96(120(107,108)80-51-35-72(4)36-52-80)64-18-63-94(86-22-10-9-21-85(86)93)118(103,104)78-47-31-70(2)32-48-78/h29-60,85-92H,9-28,61-68H2,1-8H3/t85-,86-,87-,88-,89-,90-,91-,92-/m1/s1. The van der Waals surface area contributed by atoms with Crippen LogP contribution in [0.5, 0.6) is 0 Å². The summed E-state index contributed by atoms with van der Waals surface area (Å²) in [4.78, 5) is -0.881. The molecule has 1 heterocycles. The average Bonchev–Trinajstić information content (AvgIpc) is 0.764. The third-order valence-corrected chi connectivity index (χ3v) is 41.3. The summed E-state index contributed by atoms with van der Waals surface area (Å²) in [6, 6.07) is 41.1. The zero-order chi connectivity index (χ0) is 88.9. The van der Waals surface area contributed by atoms with Gasteiger partial charge in [-0.25, -0.2) is 67.3 Å². The van der Waals surface area contributed by atoms with E-state index in [1.807, 2.05) is 55.4 Å². The SMILES string of the molecule is Cc1ccc(S(=O)(=O)N2CCCN(S(=O)(=O)c3ccc(C)cc3)[C@@H]3CCCC[C@H]3N(S(=O)(=O)c3ccc(C)cc3)CCCN(S(=O)(=O)c3ccc(C)cc3)[C@@H]3CCCC[C@H]3N(S(=O)(=O)c3ccc(C)cc3)CCCN(S(=O)(=O)c3ccc(C)cc3)[C@@H]3CCCC[C@H]3N(S(=O)(=O)c3ccc(C)cc3)CCCN(S(=O)(=O)c3ccc(C)cc3)[C@@H]3CCCC[C@H]32)cc1. The van der Waals surface area contributed by atoms with Crippen LogP contribution in [0.4, 0.5) is 0 Å². The van der Waals surface area contributed by atoms with Gasteiger partial charge < -0.3 is 0 Å². The van der Waals surface area contributed by atoms with Gasteiger partial charge in [0.1, 0.15) is 0 Å². The van der Waals surface area contributed by atoms with E-state index in [9.17, 15) is 0 Å². The van der Waals surface area contributed by atoms with E-state index in [2.05, 4.69) is 0 Å². The Morgan fingerprint density at radius 2 is 0.242 bits per heavy atom. The number of benzene rings is 8. The minimum absolute atomic E-state index is 0.110. The molecule has 0 spiro atoms. The van der Waals surface area contributed by atoms with Crippen molar-refractivity contribution in [2.75, 3.05) is 52.4 Å². The first kappa shape index (κ1) is 94.6. The van der Waals surface area contributed by atoms with Crippen molar-refractivity contribution in [1.82, 2.24) is 34.4 Å². The molecule has 0 unspecified atom stereocenters. The quantitative estimate of drug-likeness (QED) is 0.0868. The van der Waals surface area contributed by atoms with Crippen molar-refractivity contribution in [3.63, 3.8) is 0 Å². The molecule has 0 amide bonds. The van der Waals surface area contributed by atoms with E-state index in [1.54, 1.807) is 97.1 Å². The monoisotopic (exact) mass is 1850 g/mol. The smallest absolute Gasteiger partial charge is 0.207 e. The van der Waals surface area contributed by atoms with E-state index in [1.165, 1.54) is 132 Å². The molecule has 0 radical (unpaired) electrons. The predicted molar refractivity (Wildman–Crippen MR) is 483 cm³/mol. The number of hydrogen-bond donors (Lipinski definition) is 0. The van der Waals surface area contributed by atoms with Crippen molar-refractivity contribution >= 4 is 80.2 Å². The fraction of sp³-hybridized carbons (Fsp3) is 0.478. The predicted octanol–water partition coefficient (Wildman–Crippen LogP) is 14.8. The fourth-order valence-corrected chi connectivity index (χ4v) is 32.8. The lowest BCUT2D eigenvalue weighted by Gasteiger charge is -2.46. The first-order valence-electron chi connectivity index (χ1n) is 43.5. The summed E-state index contributed by atoms with van der Waals surface area (Å²) in [5, 5.41) is 0. The maximum Gasteiger partial charge on any atom is 0.243 e. The van der Waals surface area contributed by atoms with Gasteiger partial charge in [-0.1, -0.05) is 193 Å². The molecule has 0 aromatic heterocycles. The molecule has 8 aromatic carbocycles. The minimum atomic E-state index is -4.69. The first-order valence-corrected chi connectivity index (χ1v) is 55.0. The lowest BCUT2D eigenvalue weighted by atomic mass is 9.89. The van der Waals surface area contributed by atoms with Crippen LogP contribution in [-0.2, 0) is 80.2 Å². The normalized spacial score (nSPS) is 23.8. The summed E-state index contributed by atoms with van der Waals surface area (Å²) in [7, 11) is -37.5. The second-order valence-corrected chi connectivity index (χ2v) is 49.6. The highest BCUT2D eigenvalue weighted by Crippen LogP contribution is 2.42. The molecule has 4 aliphatic carbocycles. The molecule has 13 rings (SSSR count). The Balaban J connectivity index is 1.03. The van der Waals surface area contributed by atoms with Crippen molar-refractivity contribution in [1.29, 1.82) is 0 Å². The molecular weight excluding hydrogens is 1730 g/mol. The molecular formula is C92H120N8O16S8. The van der Waals surface area contributed by atoms with Gasteiger partial charge >= 0.3 is 0 Å². The van der Waals surface area contributed by atoms with Crippen molar-refractivity contribution in [3.05, 3.63) is 239 Å². The number of nitrogens with zero attached hydrogens (tertiary/aromatic N) is 8. The Bertz CT molecular complexity index is 4880. The van der Waals surface area contributed by atoms with Gasteiger partial charge in [0.25, 0.3) is 0 Å². The van der Waals surface area contributed by atoms with Crippen LogP contribution in [0.1, 0.15) is 173 Å². The number of hydrogen-bond acceptors (Lipinski definition) is 16. The zero-order valence-corrected chi connectivity index (χ0v) is 78.8. The minimum Gasteiger partial charge on any atom is -0.207 e. The molecule has 24 nitrogen and oxygen atoms in total. The Morgan fingerprint density at radius 3 is 0.331 bits per heavy atom. The van der Waals surface area contributed by atoms with Crippen molar-refractivity contribution in [2.45, 2.75) is 271 Å². The van der Waals surface area contributed by atoms with Crippen LogP contribution in [0.15, 0.2) is 233 Å². The largest absolute Gasteiger partial charge is 0.243 e. The molecule has 1 aliphatic heterocycles. The molecule has 8 atom stereocenters. The Morgan fingerprint density at radius 1 is 0.153 bits per heavy atom. The molecule has 4 saturated carbocycles. The van der Waals surface area contributed by atoms with Gasteiger partial charge in [0.15, 0.2) is 0 Å². The van der Waals surface area contributed by atoms with E-state index in [0.29, 0.717) is 51.4 Å². The molecule has 124 heavy (non-hydrogen) atoms. The number of aryl methyl sites for hydroxylation is 8. The summed E-state index contributed by atoms with van der Waals surface area (Å²) < 4.78 is 271. The summed E-state index contributed by atoms with van der Waals surface area (Å²) in [6.45, 7) is 11.4. The topological polar surface area (TPSA) is 299 Å². The van der Waals surface area contributed by atoms with Crippen LogP contribution >= 0.6 is 0 Å². The van der Waals surface area contributed by atoms with Crippen LogP contribution in [-0.4, -0.2) is 202 Å². The molecule has 1 saturated heterocycles. The second kappa shape index (κ2) is 39.6. The van der Waals surface area contributed by atoms with E-state index in [4.69, 9.17) is 0 Å². The third-order valence-electron chi connectivity index (χ3n) is 25.8. The summed E-state index contributed by atoms with van der Waals surface area (Å²) in [5.74, 6) is 0. The van der Waals surface area contributed by atoms with Gasteiger partial charge in [0, 0.05) is 101 Å². The highest BCUT2D eigenvalue weighted by atomic mass is 32.2. The summed E-state index contributed by atoms with van der Waals surface area (Å²) in [6.07, 6.45) is 3.66. The summed E-state index contributed by atoms with van der Waals surface area (Å²) >= 11 is 0. The van der Waals surface area contributed by atoms with E-state index >= 15 is 67.3 Å². The van der Waals surface area contributed by atoms with Gasteiger partial charge in [-0.2, -0.15) is 34.4 Å². The summed E-state index contributed by atoms with van der Waals surface area (Å²) in [5.41, 5.74) is 6.02. The van der Waals surface area contributed by atoms with Crippen LogP contribution in [0.3, 0.4) is 0 Å². The first-order chi connectivity index (χ1) is 58.8. The third kappa shape index (κ3) is 20.7. The lowest BCUT2D eigenvalue weighted by molar-refractivity contribution is 0.115. The maximum absolute atomic E-state index is 16.3. The lowest BCUT2D eigenvalue weighted by Crippen LogP contribution is -2.59. The molecule has 0 N–H and O–H groups in total. The van der Waals surface area contributed by atoms with Crippen molar-refractivity contribution < 1.29 is 67.3 Å². The molecule has 5 fully saturated rings. The molecule has 672 valence electrons. The number of sulfonamides is 8. The Kier molecular flexibility index (Phi) is 30.2. The van der Waals surface area contributed by atoms with E-state index < -0.39 is 129 Å². The maximum atomic E-state index is 16.3. The molecule has 5 aliphatic rings.